The quantitative estimate of drug-likeness (QED) is 0.605. The number of rotatable bonds is 7. The Morgan fingerprint density at radius 3 is 2.59 bits per heavy atom. The number of aromatic nitrogens is 2. The SMILES string of the molecule is COc1ccc(S(=O)(=O)N2CCOCC2)cc1C(=O)N(C)Cc1nccn1CC(F)(F)F. The molecule has 0 radical (unpaired) electrons. The van der Waals surface area contributed by atoms with E-state index in [-0.39, 0.29) is 54.9 Å². The number of imidazole rings is 1. The second-order valence-electron chi connectivity index (χ2n) is 7.13. The van der Waals surface area contributed by atoms with Crippen LogP contribution in [-0.4, -0.2) is 79.7 Å². The average Bonchev–Trinajstić information content (AvgIpc) is 3.17. The number of hydrogen-bond acceptors (Lipinski definition) is 6. The van der Waals surface area contributed by atoms with Gasteiger partial charge >= 0.3 is 6.18 Å². The van der Waals surface area contributed by atoms with E-state index < -0.39 is 28.7 Å². The van der Waals surface area contributed by atoms with Gasteiger partial charge in [-0.05, 0) is 18.2 Å². The molecule has 0 saturated carbocycles. The molecule has 1 fully saturated rings. The van der Waals surface area contributed by atoms with Gasteiger partial charge in [-0.25, -0.2) is 13.4 Å². The van der Waals surface area contributed by atoms with Gasteiger partial charge in [0, 0.05) is 32.5 Å². The van der Waals surface area contributed by atoms with Crippen LogP contribution in [-0.2, 0) is 27.8 Å². The Morgan fingerprint density at radius 2 is 1.97 bits per heavy atom. The molecule has 0 N–H and O–H groups in total. The lowest BCUT2D eigenvalue weighted by atomic mass is 10.1. The number of ether oxygens (including phenoxy) is 2. The first kappa shape index (κ1) is 24.0. The number of alkyl halides is 3. The number of amides is 1. The lowest BCUT2D eigenvalue weighted by Crippen LogP contribution is -2.40. The molecule has 1 aromatic carbocycles. The minimum atomic E-state index is -4.44. The maximum absolute atomic E-state index is 13.1. The zero-order chi connectivity index (χ0) is 23.5. The summed E-state index contributed by atoms with van der Waals surface area (Å²) < 4.78 is 76.7. The Kier molecular flexibility index (Phi) is 7.10. The molecule has 176 valence electrons. The molecule has 0 atom stereocenters. The molecule has 3 rings (SSSR count). The van der Waals surface area contributed by atoms with Crippen LogP contribution in [0.1, 0.15) is 16.2 Å². The predicted octanol–water partition coefficient (Wildman–Crippen LogP) is 1.75. The van der Waals surface area contributed by atoms with Gasteiger partial charge in [-0.3, -0.25) is 4.79 Å². The first-order chi connectivity index (χ1) is 15.0. The fourth-order valence-corrected chi connectivity index (χ4v) is 4.70. The Bertz CT molecular complexity index is 1070. The highest BCUT2D eigenvalue weighted by Crippen LogP contribution is 2.27. The van der Waals surface area contributed by atoms with Gasteiger partial charge in [-0.2, -0.15) is 17.5 Å². The van der Waals surface area contributed by atoms with Crippen LogP contribution in [0.4, 0.5) is 13.2 Å². The van der Waals surface area contributed by atoms with Crippen LogP contribution in [0.15, 0.2) is 35.5 Å². The summed E-state index contributed by atoms with van der Waals surface area (Å²) in [6.45, 7) is -0.520. The summed E-state index contributed by atoms with van der Waals surface area (Å²) in [5.74, 6) is -0.446. The van der Waals surface area contributed by atoms with Crippen molar-refractivity contribution in [2.45, 2.75) is 24.2 Å². The summed E-state index contributed by atoms with van der Waals surface area (Å²) in [6, 6.07) is 3.93. The number of sulfonamides is 1. The molecule has 1 aromatic heterocycles. The smallest absolute Gasteiger partial charge is 0.406 e. The van der Waals surface area contributed by atoms with E-state index in [0.29, 0.717) is 0 Å². The third-order valence-electron chi connectivity index (χ3n) is 4.89. The lowest BCUT2D eigenvalue weighted by Gasteiger charge is -2.26. The standard InChI is InChI=1S/C19H23F3N4O5S/c1-24(12-17-23-5-6-25(17)13-19(20,21)22)18(27)15-11-14(3-4-16(15)30-2)32(28,29)26-7-9-31-10-8-26/h3-6,11H,7-10,12-13H2,1-2H3. The van der Waals surface area contributed by atoms with E-state index in [9.17, 15) is 26.4 Å². The zero-order valence-electron chi connectivity index (χ0n) is 17.5. The van der Waals surface area contributed by atoms with Crippen LogP contribution in [0.25, 0.3) is 0 Å². The summed E-state index contributed by atoms with van der Waals surface area (Å²) in [5, 5.41) is 0. The first-order valence-corrected chi connectivity index (χ1v) is 11.0. The molecule has 13 heteroatoms. The van der Waals surface area contributed by atoms with Crippen molar-refractivity contribution in [3.8, 4) is 5.75 Å². The number of carbonyl (C=O) groups excluding carboxylic acids is 1. The predicted molar refractivity (Wildman–Crippen MR) is 107 cm³/mol. The molecule has 1 aliphatic heterocycles. The number of methoxy groups -OCH3 is 1. The van der Waals surface area contributed by atoms with E-state index in [4.69, 9.17) is 9.47 Å². The molecule has 0 unspecified atom stereocenters. The monoisotopic (exact) mass is 476 g/mol. The van der Waals surface area contributed by atoms with E-state index in [1.807, 2.05) is 0 Å². The number of carbonyl (C=O) groups is 1. The molecule has 1 saturated heterocycles. The van der Waals surface area contributed by atoms with Crippen LogP contribution in [0.5, 0.6) is 5.75 Å². The van der Waals surface area contributed by atoms with E-state index >= 15 is 0 Å². The van der Waals surface area contributed by atoms with Crippen LogP contribution < -0.4 is 4.74 Å². The summed E-state index contributed by atoms with van der Waals surface area (Å²) in [6.07, 6.45) is -2.05. The molecule has 2 aromatic rings. The van der Waals surface area contributed by atoms with Crippen molar-refractivity contribution >= 4 is 15.9 Å². The van der Waals surface area contributed by atoms with Crippen molar-refractivity contribution in [1.29, 1.82) is 0 Å². The van der Waals surface area contributed by atoms with Crippen LogP contribution in [0.3, 0.4) is 0 Å². The fraction of sp³-hybridized carbons (Fsp3) is 0.474. The van der Waals surface area contributed by atoms with E-state index in [2.05, 4.69) is 4.98 Å². The zero-order valence-corrected chi connectivity index (χ0v) is 18.3. The van der Waals surface area contributed by atoms with Crippen LogP contribution in [0, 0.1) is 0 Å². The third-order valence-corrected chi connectivity index (χ3v) is 6.78. The maximum atomic E-state index is 13.1. The van der Waals surface area contributed by atoms with Crippen LogP contribution in [0.2, 0.25) is 0 Å². The first-order valence-electron chi connectivity index (χ1n) is 9.61. The molecule has 1 aliphatic rings. The number of halogens is 3. The third kappa shape index (κ3) is 5.40. The average molecular weight is 476 g/mol. The van der Waals surface area contributed by atoms with Gasteiger partial charge in [0.2, 0.25) is 10.0 Å². The van der Waals surface area contributed by atoms with Crippen molar-refractivity contribution in [2.75, 3.05) is 40.5 Å². The summed E-state index contributed by atoms with van der Waals surface area (Å²) in [7, 11) is -1.14. The highest BCUT2D eigenvalue weighted by atomic mass is 32.2. The Balaban J connectivity index is 1.86. The molecule has 1 amide bonds. The maximum Gasteiger partial charge on any atom is 0.406 e. The highest BCUT2D eigenvalue weighted by Gasteiger charge is 2.30. The topological polar surface area (TPSA) is 94.0 Å². The Labute approximate surface area is 183 Å². The molecular weight excluding hydrogens is 453 g/mol. The Hall–Kier alpha value is -2.64. The number of hydrogen-bond donors (Lipinski definition) is 0. The second kappa shape index (κ2) is 9.46. The molecule has 0 aliphatic carbocycles. The molecular formula is C19H23F3N4O5S. The van der Waals surface area contributed by atoms with E-state index in [1.165, 1.54) is 49.1 Å². The van der Waals surface area contributed by atoms with Crippen molar-refractivity contribution in [1.82, 2.24) is 18.8 Å². The van der Waals surface area contributed by atoms with Crippen molar-refractivity contribution in [3.63, 3.8) is 0 Å². The molecule has 0 bridgehead atoms. The second-order valence-corrected chi connectivity index (χ2v) is 9.06. The van der Waals surface area contributed by atoms with Crippen molar-refractivity contribution in [3.05, 3.63) is 42.0 Å². The van der Waals surface area contributed by atoms with Gasteiger partial charge in [0.15, 0.2) is 0 Å². The van der Waals surface area contributed by atoms with Gasteiger partial charge in [-0.1, -0.05) is 0 Å². The van der Waals surface area contributed by atoms with E-state index in [1.54, 1.807) is 0 Å². The number of morpholine rings is 1. The van der Waals surface area contributed by atoms with Crippen LogP contribution >= 0.6 is 0 Å². The van der Waals surface area contributed by atoms with Crippen molar-refractivity contribution < 1.29 is 35.9 Å². The number of nitrogens with zero attached hydrogens (tertiary/aromatic N) is 4. The fourth-order valence-electron chi connectivity index (χ4n) is 3.27. The largest absolute Gasteiger partial charge is 0.496 e. The molecule has 0 spiro atoms. The van der Waals surface area contributed by atoms with Gasteiger partial charge < -0.3 is 18.9 Å². The van der Waals surface area contributed by atoms with Gasteiger partial charge in [0.25, 0.3) is 5.91 Å². The molecule has 9 nitrogen and oxygen atoms in total. The minimum Gasteiger partial charge on any atom is -0.496 e. The normalized spacial score (nSPS) is 15.5. The molecule has 2 heterocycles. The van der Waals surface area contributed by atoms with Gasteiger partial charge in [-0.15, -0.1) is 0 Å². The summed E-state index contributed by atoms with van der Waals surface area (Å²) >= 11 is 0. The van der Waals surface area contributed by atoms with Crippen molar-refractivity contribution in [2.24, 2.45) is 0 Å². The molecule has 32 heavy (non-hydrogen) atoms. The lowest BCUT2D eigenvalue weighted by molar-refractivity contribution is -0.141. The van der Waals surface area contributed by atoms with Gasteiger partial charge in [0.1, 0.15) is 18.1 Å². The summed E-state index contributed by atoms with van der Waals surface area (Å²) in [4.78, 5) is 18.0. The highest BCUT2D eigenvalue weighted by molar-refractivity contribution is 7.89. The summed E-state index contributed by atoms with van der Waals surface area (Å²) in [5.41, 5.74) is -0.0294. The number of benzene rings is 1. The van der Waals surface area contributed by atoms with E-state index in [0.717, 1.165) is 9.47 Å². The van der Waals surface area contributed by atoms with Gasteiger partial charge in [0.05, 0.1) is 37.3 Å². The minimum absolute atomic E-state index is 0.0294. The Morgan fingerprint density at radius 1 is 1.28 bits per heavy atom.